The molecular weight excluding hydrogens is 296 g/mol. The van der Waals surface area contributed by atoms with Gasteiger partial charge in [-0.25, -0.2) is 4.39 Å². The van der Waals surface area contributed by atoms with Gasteiger partial charge in [0.05, 0.1) is 13.5 Å². The van der Waals surface area contributed by atoms with E-state index in [1.165, 1.54) is 19.2 Å². The molecule has 2 rings (SSSR count). The average molecular weight is 304 g/mol. The molecule has 1 aromatic heterocycles. The third kappa shape index (κ3) is 3.36. The molecule has 0 unspecified atom stereocenters. The number of carbonyl (C=O) groups excluding carboxylic acids is 1. The molecule has 0 bridgehead atoms. The SMILES string of the molecule is COc1cc(-c2noc(CC(=O)C(F)(F)F)n2)ccc1F. The van der Waals surface area contributed by atoms with Gasteiger partial charge in [-0.1, -0.05) is 5.16 Å². The number of hydrogen-bond acceptors (Lipinski definition) is 5. The summed E-state index contributed by atoms with van der Waals surface area (Å²) < 4.78 is 58.9. The molecule has 112 valence electrons. The van der Waals surface area contributed by atoms with Gasteiger partial charge in [0.1, 0.15) is 0 Å². The van der Waals surface area contributed by atoms with Crippen molar-refractivity contribution in [3.8, 4) is 17.1 Å². The first-order valence-electron chi connectivity index (χ1n) is 5.58. The zero-order chi connectivity index (χ0) is 15.6. The number of rotatable bonds is 4. The van der Waals surface area contributed by atoms with Gasteiger partial charge in [-0.05, 0) is 18.2 Å². The number of nitrogens with zero attached hydrogens (tertiary/aromatic N) is 2. The highest BCUT2D eigenvalue weighted by atomic mass is 19.4. The normalized spacial score (nSPS) is 11.5. The molecule has 21 heavy (non-hydrogen) atoms. The molecule has 1 aromatic carbocycles. The number of hydrogen-bond donors (Lipinski definition) is 0. The molecule has 2 aromatic rings. The lowest BCUT2D eigenvalue weighted by Crippen LogP contribution is -2.24. The molecule has 0 radical (unpaired) electrons. The molecule has 0 spiro atoms. The predicted octanol–water partition coefficient (Wildman–Crippen LogP) is 2.56. The number of ether oxygens (including phenoxy) is 1. The van der Waals surface area contributed by atoms with Gasteiger partial charge in [-0.15, -0.1) is 0 Å². The molecule has 0 N–H and O–H groups in total. The van der Waals surface area contributed by atoms with E-state index in [0.717, 1.165) is 6.07 Å². The third-order valence-electron chi connectivity index (χ3n) is 2.51. The molecule has 0 saturated carbocycles. The van der Waals surface area contributed by atoms with E-state index in [1.54, 1.807) is 0 Å². The number of aromatic nitrogens is 2. The molecule has 1 heterocycles. The minimum Gasteiger partial charge on any atom is -0.494 e. The van der Waals surface area contributed by atoms with Gasteiger partial charge < -0.3 is 9.26 Å². The van der Waals surface area contributed by atoms with Crippen LogP contribution < -0.4 is 4.74 Å². The Kier molecular flexibility index (Phi) is 3.92. The Labute approximate surface area is 115 Å². The van der Waals surface area contributed by atoms with Crippen molar-refractivity contribution in [2.75, 3.05) is 7.11 Å². The van der Waals surface area contributed by atoms with Gasteiger partial charge >= 0.3 is 6.18 Å². The first-order chi connectivity index (χ1) is 9.81. The van der Waals surface area contributed by atoms with Crippen molar-refractivity contribution in [1.29, 1.82) is 0 Å². The van der Waals surface area contributed by atoms with Crippen LogP contribution in [0.4, 0.5) is 17.6 Å². The molecule has 0 aliphatic rings. The van der Waals surface area contributed by atoms with Crippen LogP contribution in [0.3, 0.4) is 0 Å². The number of halogens is 4. The fraction of sp³-hybridized carbons (Fsp3) is 0.250. The van der Waals surface area contributed by atoms with Gasteiger partial charge in [0.15, 0.2) is 11.6 Å². The van der Waals surface area contributed by atoms with E-state index in [0.29, 0.717) is 0 Å². The first kappa shape index (κ1) is 14.9. The summed E-state index contributed by atoms with van der Waals surface area (Å²) in [5, 5.41) is 3.44. The van der Waals surface area contributed by atoms with Crippen molar-refractivity contribution in [1.82, 2.24) is 10.1 Å². The standard InChI is InChI=1S/C12H8F4N2O3/c1-20-8-4-6(2-3-7(8)13)11-17-10(21-18-11)5-9(19)12(14,15)16/h2-4H,5H2,1H3. The zero-order valence-electron chi connectivity index (χ0n) is 10.6. The molecule has 0 amide bonds. The van der Waals surface area contributed by atoms with Crippen LogP contribution >= 0.6 is 0 Å². The molecule has 0 saturated heterocycles. The summed E-state index contributed by atoms with van der Waals surface area (Å²) in [6, 6.07) is 3.65. The van der Waals surface area contributed by atoms with Gasteiger partial charge in [-0.3, -0.25) is 4.79 Å². The van der Waals surface area contributed by atoms with Crippen LogP contribution in [-0.4, -0.2) is 29.2 Å². The molecule has 0 aliphatic heterocycles. The summed E-state index contributed by atoms with van der Waals surface area (Å²) >= 11 is 0. The van der Waals surface area contributed by atoms with Gasteiger partial charge in [0.25, 0.3) is 0 Å². The van der Waals surface area contributed by atoms with E-state index in [-0.39, 0.29) is 17.1 Å². The number of ketones is 1. The predicted molar refractivity (Wildman–Crippen MR) is 61.0 cm³/mol. The fourth-order valence-electron chi connectivity index (χ4n) is 1.48. The Morgan fingerprint density at radius 2 is 2.10 bits per heavy atom. The van der Waals surface area contributed by atoms with Crippen LogP contribution in [0.2, 0.25) is 0 Å². The molecule has 9 heteroatoms. The topological polar surface area (TPSA) is 65.2 Å². The zero-order valence-corrected chi connectivity index (χ0v) is 10.6. The average Bonchev–Trinajstić information content (AvgIpc) is 2.86. The smallest absolute Gasteiger partial charge is 0.450 e. The van der Waals surface area contributed by atoms with Crippen molar-refractivity contribution < 1.29 is 31.6 Å². The lowest BCUT2D eigenvalue weighted by molar-refractivity contribution is -0.170. The van der Waals surface area contributed by atoms with E-state index in [1.807, 2.05) is 0 Å². The largest absolute Gasteiger partial charge is 0.494 e. The quantitative estimate of drug-likeness (QED) is 0.812. The summed E-state index contributed by atoms with van der Waals surface area (Å²) in [6.07, 6.45) is -6.01. The molecule has 5 nitrogen and oxygen atoms in total. The number of carbonyl (C=O) groups is 1. The number of Topliss-reactive ketones (excluding diaryl/α,β-unsaturated/α-hetero) is 1. The van der Waals surface area contributed by atoms with E-state index in [2.05, 4.69) is 14.7 Å². The Bertz CT molecular complexity index is 667. The summed E-state index contributed by atoms with van der Waals surface area (Å²) in [7, 11) is 1.26. The highest BCUT2D eigenvalue weighted by molar-refractivity contribution is 5.85. The van der Waals surface area contributed by atoms with Crippen LogP contribution in [-0.2, 0) is 11.2 Å². The minimum atomic E-state index is -4.96. The van der Waals surface area contributed by atoms with Crippen LogP contribution in [0.1, 0.15) is 5.89 Å². The maximum Gasteiger partial charge on any atom is 0.450 e. The second-order valence-corrected chi connectivity index (χ2v) is 3.96. The van der Waals surface area contributed by atoms with Gasteiger partial charge in [0.2, 0.25) is 17.5 Å². The summed E-state index contributed by atoms with van der Waals surface area (Å²) in [5.74, 6) is -3.23. The summed E-state index contributed by atoms with van der Waals surface area (Å²) in [4.78, 5) is 14.5. The van der Waals surface area contributed by atoms with E-state index < -0.39 is 30.1 Å². The van der Waals surface area contributed by atoms with E-state index in [4.69, 9.17) is 4.74 Å². The Balaban J connectivity index is 2.22. The second kappa shape index (κ2) is 5.51. The Hall–Kier alpha value is -2.45. The van der Waals surface area contributed by atoms with Crippen molar-refractivity contribution in [2.24, 2.45) is 0 Å². The second-order valence-electron chi connectivity index (χ2n) is 3.96. The summed E-state index contributed by atoms with van der Waals surface area (Å²) in [6.45, 7) is 0. The summed E-state index contributed by atoms with van der Waals surface area (Å²) in [5.41, 5.74) is 0.280. The highest BCUT2D eigenvalue weighted by Gasteiger charge is 2.39. The Morgan fingerprint density at radius 3 is 2.71 bits per heavy atom. The number of benzene rings is 1. The van der Waals surface area contributed by atoms with Crippen LogP contribution in [0, 0.1) is 5.82 Å². The number of alkyl halides is 3. The monoisotopic (exact) mass is 304 g/mol. The fourth-order valence-corrected chi connectivity index (χ4v) is 1.48. The molecule has 0 atom stereocenters. The van der Waals surface area contributed by atoms with Crippen LogP contribution in [0.15, 0.2) is 22.7 Å². The van der Waals surface area contributed by atoms with E-state index >= 15 is 0 Å². The molecule has 0 fully saturated rings. The van der Waals surface area contributed by atoms with Crippen molar-refractivity contribution in [3.05, 3.63) is 29.9 Å². The lowest BCUT2D eigenvalue weighted by atomic mass is 10.2. The van der Waals surface area contributed by atoms with Gasteiger partial charge in [-0.2, -0.15) is 18.2 Å². The van der Waals surface area contributed by atoms with Crippen molar-refractivity contribution >= 4 is 5.78 Å². The first-order valence-corrected chi connectivity index (χ1v) is 5.58. The lowest BCUT2D eigenvalue weighted by Gasteiger charge is -2.02. The van der Waals surface area contributed by atoms with Crippen LogP contribution in [0.25, 0.3) is 11.4 Å². The van der Waals surface area contributed by atoms with Gasteiger partial charge in [0, 0.05) is 5.56 Å². The number of methoxy groups -OCH3 is 1. The minimum absolute atomic E-state index is 0.0710. The molecular formula is C12H8F4N2O3. The Morgan fingerprint density at radius 1 is 1.38 bits per heavy atom. The van der Waals surface area contributed by atoms with E-state index in [9.17, 15) is 22.4 Å². The van der Waals surface area contributed by atoms with Crippen molar-refractivity contribution in [2.45, 2.75) is 12.6 Å². The van der Waals surface area contributed by atoms with Crippen molar-refractivity contribution in [3.63, 3.8) is 0 Å². The third-order valence-corrected chi connectivity index (χ3v) is 2.51. The maximum atomic E-state index is 13.2. The maximum absolute atomic E-state index is 13.2. The van der Waals surface area contributed by atoms with Crippen LogP contribution in [0.5, 0.6) is 5.75 Å². The highest BCUT2D eigenvalue weighted by Crippen LogP contribution is 2.25. The molecule has 0 aliphatic carbocycles.